The number of benzene rings is 1. The van der Waals surface area contributed by atoms with Crippen LogP contribution in [0.2, 0.25) is 5.02 Å². The SMILES string of the molecule is N#Cc1ccc(Cl)cc1NC(=O)COC(=O)C12C[C@H]3C[C@@H](CC(O)(C3)C1)C2. The normalized spacial score (nSPS) is 33.4. The molecule has 1 amide bonds. The zero-order valence-electron chi connectivity index (χ0n) is 14.8. The van der Waals surface area contributed by atoms with Crippen molar-refractivity contribution in [3.63, 3.8) is 0 Å². The van der Waals surface area contributed by atoms with Crippen molar-refractivity contribution in [1.82, 2.24) is 0 Å². The minimum Gasteiger partial charge on any atom is -0.455 e. The van der Waals surface area contributed by atoms with Gasteiger partial charge in [-0.3, -0.25) is 9.59 Å². The van der Waals surface area contributed by atoms with Gasteiger partial charge < -0.3 is 15.2 Å². The van der Waals surface area contributed by atoms with E-state index in [1.807, 2.05) is 6.07 Å². The minimum atomic E-state index is -0.756. The van der Waals surface area contributed by atoms with Crippen molar-refractivity contribution < 1.29 is 19.4 Å². The molecule has 0 radical (unpaired) electrons. The summed E-state index contributed by atoms with van der Waals surface area (Å²) in [6, 6.07) is 6.53. The maximum Gasteiger partial charge on any atom is 0.312 e. The molecule has 0 unspecified atom stereocenters. The number of carbonyl (C=O) groups is 2. The standard InChI is InChI=1S/C20H21ClN2O4/c21-15-2-1-14(9-22)16(4-15)23-17(24)10-27-18(25)19-5-12-3-13(6-19)8-20(26,7-12)11-19/h1-2,4,12-13,26H,3,5-8,10-11H2,(H,23,24)/t12-,13-,19?,20?/m1/s1. The van der Waals surface area contributed by atoms with Gasteiger partial charge in [-0.1, -0.05) is 11.6 Å². The van der Waals surface area contributed by atoms with Gasteiger partial charge in [0.1, 0.15) is 6.07 Å². The maximum absolute atomic E-state index is 12.8. The largest absolute Gasteiger partial charge is 0.455 e. The van der Waals surface area contributed by atoms with Crippen LogP contribution in [0.1, 0.15) is 44.1 Å². The molecular formula is C20H21ClN2O4. The highest BCUT2D eigenvalue weighted by Gasteiger charge is 2.60. The van der Waals surface area contributed by atoms with Crippen LogP contribution < -0.4 is 5.32 Å². The van der Waals surface area contributed by atoms with E-state index in [2.05, 4.69) is 5.32 Å². The highest BCUT2D eigenvalue weighted by atomic mass is 35.5. The molecule has 4 aliphatic rings. The molecular weight excluding hydrogens is 368 g/mol. The first kappa shape index (κ1) is 18.3. The summed E-state index contributed by atoms with van der Waals surface area (Å²) in [6.45, 7) is -0.425. The number of halogens is 1. The Hall–Kier alpha value is -2.10. The number of nitrogens with zero attached hydrogens (tertiary/aromatic N) is 1. The Morgan fingerprint density at radius 1 is 1.30 bits per heavy atom. The fraction of sp³-hybridized carbons (Fsp3) is 0.550. The first-order valence-electron chi connectivity index (χ1n) is 9.20. The summed E-state index contributed by atoms with van der Waals surface area (Å²) in [5.41, 5.74) is -0.849. The molecule has 0 saturated heterocycles. The Morgan fingerprint density at radius 2 is 2.00 bits per heavy atom. The van der Waals surface area contributed by atoms with Gasteiger partial charge in [0.15, 0.2) is 6.61 Å². The monoisotopic (exact) mass is 388 g/mol. The van der Waals surface area contributed by atoms with Gasteiger partial charge in [0.2, 0.25) is 0 Å². The summed E-state index contributed by atoms with van der Waals surface area (Å²) in [7, 11) is 0. The van der Waals surface area contributed by atoms with E-state index in [4.69, 9.17) is 21.6 Å². The third-order valence-electron chi connectivity index (χ3n) is 6.17. The average molecular weight is 389 g/mol. The van der Waals surface area contributed by atoms with Crippen molar-refractivity contribution >= 4 is 29.2 Å². The van der Waals surface area contributed by atoms with E-state index in [0.717, 1.165) is 32.1 Å². The average Bonchev–Trinajstić information content (AvgIpc) is 2.57. The Labute approximate surface area is 162 Å². The second-order valence-electron chi connectivity index (χ2n) is 8.39. The molecule has 4 fully saturated rings. The van der Waals surface area contributed by atoms with Gasteiger partial charge in [-0.25, -0.2) is 0 Å². The maximum atomic E-state index is 12.8. The lowest BCUT2D eigenvalue weighted by Crippen LogP contribution is -2.58. The second kappa shape index (κ2) is 6.50. The zero-order chi connectivity index (χ0) is 19.2. The van der Waals surface area contributed by atoms with Gasteiger partial charge in [-0.2, -0.15) is 5.26 Å². The van der Waals surface area contributed by atoms with Crippen molar-refractivity contribution in [1.29, 1.82) is 5.26 Å². The molecule has 1 aromatic carbocycles. The van der Waals surface area contributed by atoms with Crippen LogP contribution in [0.4, 0.5) is 5.69 Å². The predicted molar refractivity (Wildman–Crippen MR) is 97.8 cm³/mol. The van der Waals surface area contributed by atoms with E-state index >= 15 is 0 Å². The van der Waals surface area contributed by atoms with Crippen LogP contribution >= 0.6 is 11.6 Å². The van der Waals surface area contributed by atoms with E-state index < -0.39 is 29.5 Å². The molecule has 1 aromatic rings. The first-order valence-corrected chi connectivity index (χ1v) is 9.58. The summed E-state index contributed by atoms with van der Waals surface area (Å²) in [6.07, 6.45) is 4.51. The molecule has 27 heavy (non-hydrogen) atoms. The molecule has 5 rings (SSSR count). The first-order chi connectivity index (χ1) is 12.8. The quantitative estimate of drug-likeness (QED) is 0.772. The van der Waals surface area contributed by atoms with Crippen LogP contribution in [0.5, 0.6) is 0 Å². The van der Waals surface area contributed by atoms with Gasteiger partial charge >= 0.3 is 5.97 Å². The number of rotatable bonds is 4. The number of aliphatic hydroxyl groups is 1. The number of esters is 1. The van der Waals surface area contributed by atoms with Crippen LogP contribution in [0, 0.1) is 28.6 Å². The molecule has 0 spiro atoms. The van der Waals surface area contributed by atoms with Crippen molar-refractivity contribution in [3.05, 3.63) is 28.8 Å². The zero-order valence-corrected chi connectivity index (χ0v) is 15.6. The lowest BCUT2D eigenvalue weighted by Gasteiger charge is -2.58. The number of amides is 1. The van der Waals surface area contributed by atoms with Crippen LogP contribution in [-0.4, -0.2) is 29.2 Å². The molecule has 4 aliphatic carbocycles. The smallest absolute Gasteiger partial charge is 0.312 e. The van der Waals surface area contributed by atoms with E-state index in [9.17, 15) is 14.7 Å². The highest BCUT2D eigenvalue weighted by Crippen LogP contribution is 2.61. The third kappa shape index (κ3) is 3.42. The van der Waals surface area contributed by atoms with Gasteiger partial charge in [-0.15, -0.1) is 0 Å². The highest BCUT2D eigenvalue weighted by molar-refractivity contribution is 6.31. The lowest BCUT2D eigenvalue weighted by molar-refractivity contribution is -0.196. The number of nitrogens with one attached hydrogen (secondary N) is 1. The summed E-state index contributed by atoms with van der Waals surface area (Å²) in [4.78, 5) is 25.0. The van der Waals surface area contributed by atoms with Crippen LogP contribution in [0.25, 0.3) is 0 Å². The summed E-state index contributed by atoms with van der Waals surface area (Å²) in [5, 5.41) is 22.8. The topological polar surface area (TPSA) is 99.4 Å². The number of carbonyl (C=O) groups excluding carboxylic acids is 2. The molecule has 7 heteroatoms. The van der Waals surface area contributed by atoms with Gasteiger partial charge in [0.25, 0.3) is 5.91 Å². The van der Waals surface area contributed by atoms with Crippen LogP contribution in [0.3, 0.4) is 0 Å². The number of hydrogen-bond acceptors (Lipinski definition) is 5. The third-order valence-corrected chi connectivity index (χ3v) is 6.41. The van der Waals surface area contributed by atoms with Crippen molar-refractivity contribution in [2.45, 2.75) is 44.1 Å². The Kier molecular flexibility index (Phi) is 4.40. The number of anilines is 1. The van der Waals surface area contributed by atoms with Crippen LogP contribution in [-0.2, 0) is 14.3 Å². The Balaban J connectivity index is 1.39. The predicted octanol–water partition coefficient (Wildman–Crippen LogP) is 3.02. The molecule has 2 N–H and O–H groups in total. The molecule has 142 valence electrons. The van der Waals surface area contributed by atoms with Crippen LogP contribution in [0.15, 0.2) is 18.2 Å². The molecule has 0 aliphatic heterocycles. The second-order valence-corrected chi connectivity index (χ2v) is 8.83. The van der Waals surface area contributed by atoms with Gasteiger partial charge in [-0.05, 0) is 68.6 Å². The van der Waals surface area contributed by atoms with Crippen molar-refractivity contribution in [3.8, 4) is 6.07 Å². The van der Waals surface area contributed by atoms with E-state index in [1.165, 1.54) is 12.1 Å². The molecule has 2 atom stereocenters. The molecule has 6 nitrogen and oxygen atoms in total. The molecule has 0 aromatic heterocycles. The number of ether oxygens (including phenoxy) is 1. The lowest BCUT2D eigenvalue weighted by atomic mass is 9.48. The van der Waals surface area contributed by atoms with Crippen molar-refractivity contribution in [2.24, 2.45) is 17.3 Å². The van der Waals surface area contributed by atoms with Crippen molar-refractivity contribution in [2.75, 3.05) is 11.9 Å². The molecule has 4 saturated carbocycles. The molecule has 4 bridgehead atoms. The Morgan fingerprint density at radius 3 is 2.63 bits per heavy atom. The summed E-state index contributed by atoms with van der Waals surface area (Å²) >= 11 is 5.90. The fourth-order valence-corrected chi connectivity index (χ4v) is 5.81. The van der Waals surface area contributed by atoms with Gasteiger partial charge in [0, 0.05) is 5.02 Å². The van der Waals surface area contributed by atoms with E-state index in [0.29, 0.717) is 23.3 Å². The molecule has 0 heterocycles. The minimum absolute atomic E-state index is 0.280. The van der Waals surface area contributed by atoms with E-state index in [1.54, 1.807) is 6.07 Å². The number of hydrogen-bond donors (Lipinski definition) is 2. The fourth-order valence-electron chi connectivity index (χ4n) is 5.64. The summed E-state index contributed by atoms with van der Waals surface area (Å²) < 4.78 is 5.33. The Bertz CT molecular complexity index is 833. The summed E-state index contributed by atoms with van der Waals surface area (Å²) in [5.74, 6) is -0.188. The number of nitriles is 1. The van der Waals surface area contributed by atoms with E-state index in [-0.39, 0.29) is 11.3 Å². The van der Waals surface area contributed by atoms with Gasteiger partial charge in [0.05, 0.1) is 22.3 Å².